The normalized spacial score (nSPS) is 11.5. The van der Waals surface area contributed by atoms with E-state index in [1.807, 2.05) is 12.1 Å². The molecule has 6 nitrogen and oxygen atoms in total. The van der Waals surface area contributed by atoms with Crippen LogP contribution in [-0.4, -0.2) is 10.9 Å². The molecular formula is C19H17NO5. The van der Waals surface area contributed by atoms with Crippen molar-refractivity contribution in [3.63, 3.8) is 0 Å². The Hall–Kier alpha value is -3.15. The molecule has 0 N–H and O–H groups in total. The monoisotopic (exact) mass is 339 g/mol. The van der Waals surface area contributed by atoms with Crippen molar-refractivity contribution in [1.29, 1.82) is 0 Å². The van der Waals surface area contributed by atoms with Gasteiger partial charge in [-0.2, -0.15) is 0 Å². The van der Waals surface area contributed by atoms with Crippen LogP contribution in [0.2, 0.25) is 0 Å². The van der Waals surface area contributed by atoms with Crippen LogP contribution in [0.25, 0.3) is 11.0 Å². The van der Waals surface area contributed by atoms with Gasteiger partial charge >= 0.3 is 11.7 Å². The van der Waals surface area contributed by atoms with Crippen LogP contribution in [0.15, 0.2) is 53.1 Å². The lowest BCUT2D eigenvalue weighted by Gasteiger charge is -2.18. The third kappa shape index (κ3) is 3.38. The molecule has 3 rings (SSSR count). The van der Waals surface area contributed by atoms with E-state index in [4.69, 9.17) is 9.15 Å². The van der Waals surface area contributed by atoms with Gasteiger partial charge in [-0.15, -0.1) is 0 Å². The van der Waals surface area contributed by atoms with Crippen molar-refractivity contribution in [1.82, 2.24) is 0 Å². The number of rotatable bonds is 3. The Bertz CT molecular complexity index is 948. The van der Waals surface area contributed by atoms with E-state index in [2.05, 4.69) is 20.8 Å². The summed E-state index contributed by atoms with van der Waals surface area (Å²) in [5, 5.41) is 11.3. The molecular weight excluding hydrogens is 322 g/mol. The molecule has 0 unspecified atom stereocenters. The second kappa shape index (κ2) is 6.05. The summed E-state index contributed by atoms with van der Waals surface area (Å²) in [6.07, 6.45) is 1.07. The number of ether oxygens (including phenoxy) is 1. The maximum atomic E-state index is 12.3. The molecule has 0 bridgehead atoms. The van der Waals surface area contributed by atoms with Crippen LogP contribution < -0.4 is 4.74 Å². The molecule has 0 aliphatic carbocycles. The zero-order chi connectivity index (χ0) is 18.2. The highest BCUT2D eigenvalue weighted by molar-refractivity contribution is 5.93. The summed E-state index contributed by atoms with van der Waals surface area (Å²) < 4.78 is 10.5. The van der Waals surface area contributed by atoms with E-state index >= 15 is 0 Å². The highest BCUT2D eigenvalue weighted by atomic mass is 16.6. The Morgan fingerprint density at radius 2 is 1.80 bits per heavy atom. The lowest BCUT2D eigenvalue weighted by atomic mass is 9.87. The third-order valence-electron chi connectivity index (χ3n) is 3.92. The average Bonchev–Trinajstić information content (AvgIpc) is 2.97. The molecule has 0 saturated heterocycles. The van der Waals surface area contributed by atoms with Crippen molar-refractivity contribution in [2.24, 2.45) is 0 Å². The lowest BCUT2D eigenvalue weighted by molar-refractivity contribution is -0.383. The number of carbonyl (C=O) groups excluding carboxylic acids is 1. The van der Waals surface area contributed by atoms with Crippen LogP contribution in [0.5, 0.6) is 5.75 Å². The van der Waals surface area contributed by atoms with Crippen LogP contribution in [0.1, 0.15) is 36.7 Å². The highest BCUT2D eigenvalue weighted by Gasteiger charge is 2.18. The molecule has 1 aromatic heterocycles. The number of esters is 1. The van der Waals surface area contributed by atoms with Gasteiger partial charge in [0.25, 0.3) is 0 Å². The fourth-order valence-corrected chi connectivity index (χ4v) is 2.47. The Morgan fingerprint density at radius 3 is 2.40 bits per heavy atom. The molecule has 2 aromatic carbocycles. The van der Waals surface area contributed by atoms with E-state index in [0.29, 0.717) is 16.5 Å². The quantitative estimate of drug-likeness (QED) is 0.294. The Kier molecular flexibility index (Phi) is 4.04. The molecule has 3 aromatic rings. The summed E-state index contributed by atoms with van der Waals surface area (Å²) in [6.45, 7) is 6.27. The predicted octanol–water partition coefficient (Wildman–Crippen LogP) is 4.86. The van der Waals surface area contributed by atoms with Crippen molar-refractivity contribution in [3.8, 4) is 5.75 Å². The number of fused-ring (bicyclic) bond motifs is 1. The van der Waals surface area contributed by atoms with Gasteiger partial charge in [-0.25, -0.2) is 4.79 Å². The first kappa shape index (κ1) is 16.7. The Morgan fingerprint density at radius 1 is 1.12 bits per heavy atom. The van der Waals surface area contributed by atoms with Gasteiger partial charge in [-0.1, -0.05) is 32.9 Å². The largest absolute Gasteiger partial charge is 0.457 e. The summed E-state index contributed by atoms with van der Waals surface area (Å²) in [6, 6.07) is 11.7. The minimum absolute atomic E-state index is 0.00626. The number of nitrogens with zero attached hydrogens (tertiary/aromatic N) is 1. The molecule has 0 atom stereocenters. The Balaban J connectivity index is 1.84. The second-order valence-electron chi connectivity index (χ2n) is 6.75. The maximum Gasteiger partial charge on any atom is 0.343 e. The van der Waals surface area contributed by atoms with Crippen LogP contribution in [0, 0.1) is 10.1 Å². The smallest absolute Gasteiger partial charge is 0.343 e. The van der Waals surface area contributed by atoms with Crippen molar-refractivity contribution < 1.29 is 18.9 Å². The fourth-order valence-electron chi connectivity index (χ4n) is 2.47. The summed E-state index contributed by atoms with van der Waals surface area (Å²) in [5.41, 5.74) is 1.71. The van der Waals surface area contributed by atoms with Gasteiger partial charge in [-0.05, 0) is 41.3 Å². The third-order valence-corrected chi connectivity index (χ3v) is 3.92. The zero-order valence-corrected chi connectivity index (χ0v) is 14.1. The molecule has 0 aliphatic rings. The zero-order valence-electron chi connectivity index (χ0n) is 14.1. The van der Waals surface area contributed by atoms with Crippen molar-refractivity contribution in [3.05, 3.63) is 70.0 Å². The second-order valence-corrected chi connectivity index (χ2v) is 6.75. The minimum atomic E-state index is -0.539. The average molecular weight is 339 g/mol. The van der Waals surface area contributed by atoms with E-state index in [0.717, 1.165) is 11.8 Å². The summed E-state index contributed by atoms with van der Waals surface area (Å²) in [5.74, 6) is -0.298. The van der Waals surface area contributed by atoms with E-state index in [1.54, 1.807) is 12.1 Å². The van der Waals surface area contributed by atoms with E-state index in [1.165, 1.54) is 18.2 Å². The number of benzene rings is 2. The van der Waals surface area contributed by atoms with E-state index < -0.39 is 10.9 Å². The minimum Gasteiger partial charge on any atom is -0.457 e. The van der Waals surface area contributed by atoms with Gasteiger partial charge in [0.1, 0.15) is 16.7 Å². The van der Waals surface area contributed by atoms with Gasteiger partial charge in [-0.3, -0.25) is 10.1 Å². The SMILES string of the molecule is CC(C)(C)c1ccc(C(=O)Oc2ccc3occ([N+](=O)[O-])c3c2)cc1. The summed E-state index contributed by atoms with van der Waals surface area (Å²) >= 11 is 0. The standard InChI is InChI=1S/C19H17NO5/c1-19(2,3)13-6-4-12(5-7-13)18(21)25-14-8-9-17-15(10-14)16(11-24-17)20(22)23/h4-11H,1-3H3. The molecule has 6 heteroatoms. The molecule has 128 valence electrons. The number of carbonyl (C=O) groups is 1. The molecule has 0 saturated carbocycles. The van der Waals surface area contributed by atoms with Gasteiger partial charge in [0, 0.05) is 0 Å². The van der Waals surface area contributed by atoms with Crippen LogP contribution >= 0.6 is 0 Å². The first-order valence-corrected chi connectivity index (χ1v) is 7.74. The molecule has 25 heavy (non-hydrogen) atoms. The number of hydrogen-bond acceptors (Lipinski definition) is 5. The molecule has 0 fully saturated rings. The van der Waals surface area contributed by atoms with Crippen LogP contribution in [-0.2, 0) is 5.41 Å². The lowest BCUT2D eigenvalue weighted by Crippen LogP contribution is -2.12. The first-order chi connectivity index (χ1) is 11.8. The van der Waals surface area contributed by atoms with Gasteiger partial charge < -0.3 is 9.15 Å². The number of nitro groups is 1. The summed E-state index contributed by atoms with van der Waals surface area (Å²) in [4.78, 5) is 22.7. The Labute approximate surface area is 144 Å². The van der Waals surface area contributed by atoms with Gasteiger partial charge in [0.2, 0.25) is 0 Å². The highest BCUT2D eigenvalue weighted by Crippen LogP contribution is 2.31. The molecule has 0 spiro atoms. The topological polar surface area (TPSA) is 82.6 Å². The van der Waals surface area contributed by atoms with Crippen molar-refractivity contribution >= 4 is 22.6 Å². The van der Waals surface area contributed by atoms with E-state index in [-0.39, 0.29) is 16.9 Å². The van der Waals surface area contributed by atoms with Crippen molar-refractivity contribution in [2.75, 3.05) is 0 Å². The number of hydrogen-bond donors (Lipinski definition) is 0. The van der Waals surface area contributed by atoms with E-state index in [9.17, 15) is 14.9 Å². The maximum absolute atomic E-state index is 12.3. The molecule has 1 heterocycles. The fraction of sp³-hybridized carbons (Fsp3) is 0.211. The number of furan rings is 1. The van der Waals surface area contributed by atoms with Crippen molar-refractivity contribution in [2.45, 2.75) is 26.2 Å². The van der Waals surface area contributed by atoms with Crippen LogP contribution in [0.4, 0.5) is 5.69 Å². The summed E-state index contributed by atoms with van der Waals surface area (Å²) in [7, 11) is 0. The first-order valence-electron chi connectivity index (χ1n) is 7.74. The predicted molar refractivity (Wildman–Crippen MR) is 93.0 cm³/mol. The van der Waals surface area contributed by atoms with Gasteiger partial charge in [0.15, 0.2) is 6.26 Å². The molecule has 0 amide bonds. The molecule has 0 aliphatic heterocycles. The van der Waals surface area contributed by atoms with Gasteiger partial charge in [0.05, 0.1) is 10.5 Å². The molecule has 0 radical (unpaired) electrons. The van der Waals surface area contributed by atoms with Crippen LogP contribution in [0.3, 0.4) is 0 Å².